The van der Waals surface area contributed by atoms with Gasteiger partial charge in [-0.25, -0.2) is 4.79 Å². The summed E-state index contributed by atoms with van der Waals surface area (Å²) in [6, 6.07) is 4.74. The Bertz CT molecular complexity index is 511. The van der Waals surface area contributed by atoms with Gasteiger partial charge >= 0.3 is 5.97 Å². The lowest BCUT2D eigenvalue weighted by molar-refractivity contribution is -0.118. The van der Waals surface area contributed by atoms with Crippen LogP contribution in [0.3, 0.4) is 0 Å². The molecule has 5 nitrogen and oxygen atoms in total. The van der Waals surface area contributed by atoms with E-state index in [9.17, 15) is 14.7 Å². The van der Waals surface area contributed by atoms with Crippen LogP contribution in [0.5, 0.6) is 0 Å². The van der Waals surface area contributed by atoms with Gasteiger partial charge in [-0.1, -0.05) is 12.8 Å². The Morgan fingerprint density at radius 2 is 2.10 bits per heavy atom. The fourth-order valence-electron chi connectivity index (χ4n) is 2.27. The number of aromatic carboxylic acids is 1. The molecule has 0 spiro atoms. The summed E-state index contributed by atoms with van der Waals surface area (Å²) in [4.78, 5) is 23.4. The summed E-state index contributed by atoms with van der Waals surface area (Å²) in [5, 5.41) is 15.1. The average molecular weight is 388 g/mol. The van der Waals surface area contributed by atoms with E-state index < -0.39 is 5.97 Å². The zero-order valence-corrected chi connectivity index (χ0v) is 13.1. The van der Waals surface area contributed by atoms with Crippen molar-refractivity contribution in [2.75, 3.05) is 11.9 Å². The number of carboxylic acid groups (broad SMARTS) is 1. The number of carbonyl (C=O) groups is 2. The van der Waals surface area contributed by atoms with Gasteiger partial charge in [-0.2, -0.15) is 0 Å². The maximum absolute atomic E-state index is 12.2. The number of rotatable bonds is 3. The standard InChI is InChI=1S/C14H17IN2O3/c15-9-5-6-11(10(8-9)14(19)20)17-13(18)12-4-2-1-3-7-16-12/h5-6,8,12,16H,1-4,7H2,(H,17,18)(H,19,20). The lowest BCUT2D eigenvalue weighted by Crippen LogP contribution is -2.40. The summed E-state index contributed by atoms with van der Waals surface area (Å²) in [6.45, 7) is 0.830. The van der Waals surface area contributed by atoms with E-state index in [2.05, 4.69) is 10.6 Å². The number of benzene rings is 1. The van der Waals surface area contributed by atoms with Gasteiger partial charge in [0, 0.05) is 3.57 Å². The van der Waals surface area contributed by atoms with Crippen molar-refractivity contribution < 1.29 is 14.7 Å². The van der Waals surface area contributed by atoms with Crippen LogP contribution in [-0.2, 0) is 4.79 Å². The van der Waals surface area contributed by atoms with E-state index in [1.807, 2.05) is 22.6 Å². The van der Waals surface area contributed by atoms with Gasteiger partial charge in [-0.15, -0.1) is 0 Å². The topological polar surface area (TPSA) is 78.4 Å². The molecule has 0 saturated carbocycles. The van der Waals surface area contributed by atoms with Crippen molar-refractivity contribution in [3.8, 4) is 0 Å². The van der Waals surface area contributed by atoms with Gasteiger partial charge in [0.15, 0.2) is 0 Å². The molecule has 1 fully saturated rings. The van der Waals surface area contributed by atoms with Gasteiger partial charge in [0.2, 0.25) is 5.91 Å². The molecule has 0 bridgehead atoms. The van der Waals surface area contributed by atoms with Crippen LogP contribution >= 0.6 is 22.6 Å². The Morgan fingerprint density at radius 1 is 1.30 bits per heavy atom. The predicted octanol–water partition coefficient (Wildman–Crippen LogP) is 2.46. The number of hydrogen-bond acceptors (Lipinski definition) is 3. The monoisotopic (exact) mass is 388 g/mol. The highest BCUT2D eigenvalue weighted by molar-refractivity contribution is 14.1. The number of anilines is 1. The van der Waals surface area contributed by atoms with Gasteiger partial charge < -0.3 is 15.7 Å². The molecular weight excluding hydrogens is 371 g/mol. The number of nitrogens with one attached hydrogen (secondary N) is 2. The van der Waals surface area contributed by atoms with Crippen LogP contribution in [0.25, 0.3) is 0 Å². The van der Waals surface area contributed by atoms with Crippen molar-refractivity contribution in [1.82, 2.24) is 5.32 Å². The Morgan fingerprint density at radius 3 is 2.85 bits per heavy atom. The summed E-state index contributed by atoms with van der Waals surface area (Å²) in [5.41, 5.74) is 0.479. The van der Waals surface area contributed by atoms with E-state index in [0.717, 1.165) is 35.8 Å². The van der Waals surface area contributed by atoms with Crippen LogP contribution in [0.1, 0.15) is 36.0 Å². The van der Waals surface area contributed by atoms with Gasteiger partial charge in [-0.05, 0) is 60.2 Å². The summed E-state index contributed by atoms with van der Waals surface area (Å²) in [6.07, 6.45) is 4.01. The van der Waals surface area contributed by atoms with E-state index in [1.54, 1.807) is 18.2 Å². The van der Waals surface area contributed by atoms with Crippen LogP contribution in [0.2, 0.25) is 0 Å². The second-order valence-corrected chi connectivity index (χ2v) is 6.09. The molecule has 1 atom stereocenters. The molecule has 6 heteroatoms. The lowest BCUT2D eigenvalue weighted by Gasteiger charge is -2.16. The fraction of sp³-hybridized carbons (Fsp3) is 0.429. The number of halogens is 1. The predicted molar refractivity (Wildman–Crippen MR) is 85.0 cm³/mol. The average Bonchev–Trinajstić information content (AvgIpc) is 2.69. The second-order valence-electron chi connectivity index (χ2n) is 4.84. The third-order valence-corrected chi connectivity index (χ3v) is 4.02. The van der Waals surface area contributed by atoms with Crippen molar-refractivity contribution in [3.05, 3.63) is 27.3 Å². The van der Waals surface area contributed by atoms with E-state index in [1.165, 1.54) is 0 Å². The van der Waals surface area contributed by atoms with Gasteiger partial charge in [-0.3, -0.25) is 4.79 Å². The van der Waals surface area contributed by atoms with E-state index in [0.29, 0.717) is 5.69 Å². The first-order valence-electron chi connectivity index (χ1n) is 6.65. The zero-order chi connectivity index (χ0) is 14.5. The first-order chi connectivity index (χ1) is 9.58. The molecule has 108 valence electrons. The minimum Gasteiger partial charge on any atom is -0.478 e. The highest BCUT2D eigenvalue weighted by Crippen LogP contribution is 2.20. The van der Waals surface area contributed by atoms with Gasteiger partial charge in [0.25, 0.3) is 0 Å². The Kier molecular flexibility index (Phi) is 5.36. The molecule has 0 aromatic heterocycles. The van der Waals surface area contributed by atoms with Crippen LogP contribution in [-0.4, -0.2) is 29.6 Å². The second kappa shape index (κ2) is 7.03. The van der Waals surface area contributed by atoms with Crippen LogP contribution in [0.15, 0.2) is 18.2 Å². The van der Waals surface area contributed by atoms with Crippen molar-refractivity contribution in [2.24, 2.45) is 0 Å². The summed E-state index contributed by atoms with van der Waals surface area (Å²) >= 11 is 2.05. The summed E-state index contributed by atoms with van der Waals surface area (Å²) in [7, 11) is 0. The van der Waals surface area contributed by atoms with Crippen LogP contribution < -0.4 is 10.6 Å². The number of hydrogen-bond donors (Lipinski definition) is 3. The van der Waals surface area contributed by atoms with Crippen molar-refractivity contribution >= 4 is 40.2 Å². The van der Waals surface area contributed by atoms with Crippen molar-refractivity contribution in [1.29, 1.82) is 0 Å². The SMILES string of the molecule is O=C(O)c1cc(I)ccc1NC(=O)C1CCCCCN1. The Labute approximate surface area is 131 Å². The molecule has 1 aliphatic heterocycles. The van der Waals surface area contributed by atoms with E-state index >= 15 is 0 Å². The zero-order valence-electron chi connectivity index (χ0n) is 11.0. The van der Waals surface area contributed by atoms with Gasteiger partial charge in [0.05, 0.1) is 17.3 Å². The third-order valence-electron chi connectivity index (χ3n) is 3.35. The van der Waals surface area contributed by atoms with E-state index in [4.69, 9.17) is 0 Å². The maximum Gasteiger partial charge on any atom is 0.337 e. The molecule has 1 saturated heterocycles. The molecule has 1 unspecified atom stereocenters. The molecule has 1 aromatic rings. The molecule has 1 aromatic carbocycles. The van der Waals surface area contributed by atoms with Crippen LogP contribution in [0.4, 0.5) is 5.69 Å². The van der Waals surface area contributed by atoms with Crippen molar-refractivity contribution in [2.45, 2.75) is 31.7 Å². The molecule has 0 radical (unpaired) electrons. The smallest absolute Gasteiger partial charge is 0.337 e. The molecule has 1 amide bonds. The minimum absolute atomic E-state index is 0.124. The molecule has 1 aliphatic rings. The Balaban J connectivity index is 2.12. The number of carboxylic acids is 1. The van der Waals surface area contributed by atoms with E-state index in [-0.39, 0.29) is 17.5 Å². The Hall–Kier alpha value is -1.15. The quantitative estimate of drug-likeness (QED) is 0.696. The largest absolute Gasteiger partial charge is 0.478 e. The number of carbonyl (C=O) groups excluding carboxylic acids is 1. The highest BCUT2D eigenvalue weighted by Gasteiger charge is 2.21. The highest BCUT2D eigenvalue weighted by atomic mass is 127. The maximum atomic E-state index is 12.2. The summed E-state index contributed by atoms with van der Waals surface area (Å²) in [5.74, 6) is -1.19. The minimum atomic E-state index is -1.03. The fourth-order valence-corrected chi connectivity index (χ4v) is 2.77. The molecule has 1 heterocycles. The normalized spacial score (nSPS) is 19.1. The molecular formula is C14H17IN2O3. The number of amides is 1. The molecule has 20 heavy (non-hydrogen) atoms. The molecule has 3 N–H and O–H groups in total. The first kappa shape index (κ1) is 15.2. The third kappa shape index (κ3) is 3.92. The van der Waals surface area contributed by atoms with Gasteiger partial charge in [0.1, 0.15) is 0 Å². The molecule has 0 aliphatic carbocycles. The summed E-state index contributed by atoms with van der Waals surface area (Å²) < 4.78 is 0.825. The lowest BCUT2D eigenvalue weighted by atomic mass is 10.1. The molecule has 2 rings (SSSR count). The van der Waals surface area contributed by atoms with Crippen LogP contribution in [0, 0.1) is 3.57 Å². The first-order valence-corrected chi connectivity index (χ1v) is 7.73. The van der Waals surface area contributed by atoms with Crippen molar-refractivity contribution in [3.63, 3.8) is 0 Å².